The molecule has 0 aliphatic heterocycles. The van der Waals surface area contributed by atoms with Crippen molar-refractivity contribution in [2.75, 3.05) is 9.80 Å². The standard InChI is InChI=1S/C58H42N2/c1-57(2)51-27-15-12-24-45(51)48-36-43(30-33-52(48)57)60(41-22-10-5-11-23-41)44-32-35-56-50(38-44)47-26-14-17-29-54(47)58(56)53-28-16-13-25-46(53)49-37-42(31-34-55(49)58)59(39-18-6-3-7-19-39)40-20-8-4-9-21-40/h3-38H,1-2H3/i3D,6D,7D,18D,19D. The Labute approximate surface area is 359 Å². The van der Waals surface area contributed by atoms with Crippen LogP contribution < -0.4 is 9.80 Å². The Morgan fingerprint density at radius 2 is 0.667 bits per heavy atom. The lowest BCUT2D eigenvalue weighted by molar-refractivity contribution is 0.660. The molecule has 3 aliphatic rings. The molecule has 284 valence electrons. The molecule has 0 amide bonds. The van der Waals surface area contributed by atoms with Gasteiger partial charge >= 0.3 is 0 Å². The van der Waals surface area contributed by atoms with E-state index in [1.165, 1.54) is 50.1 Å². The molecule has 9 aromatic rings. The number of hydrogen-bond donors (Lipinski definition) is 0. The number of rotatable bonds is 6. The van der Waals surface area contributed by atoms with Crippen LogP contribution in [0.1, 0.15) is 54.1 Å². The van der Waals surface area contributed by atoms with E-state index in [0.717, 1.165) is 33.8 Å². The summed E-state index contributed by atoms with van der Waals surface area (Å²) in [6.45, 7) is 4.64. The highest BCUT2D eigenvalue weighted by Crippen LogP contribution is 2.64. The molecule has 0 N–H and O–H groups in total. The van der Waals surface area contributed by atoms with E-state index in [1.807, 2.05) is 36.4 Å². The maximum absolute atomic E-state index is 9.04. The first-order chi connectivity index (χ1) is 31.6. The first-order valence-corrected chi connectivity index (χ1v) is 20.6. The molecular formula is C58H42N2. The van der Waals surface area contributed by atoms with Crippen LogP contribution in [-0.4, -0.2) is 0 Å². The lowest BCUT2D eigenvalue weighted by Gasteiger charge is -2.32. The maximum Gasteiger partial charge on any atom is 0.0725 e. The minimum atomic E-state index is -0.635. The van der Waals surface area contributed by atoms with Crippen molar-refractivity contribution in [1.82, 2.24) is 0 Å². The van der Waals surface area contributed by atoms with Crippen molar-refractivity contribution >= 4 is 34.1 Å². The Morgan fingerprint density at radius 1 is 0.317 bits per heavy atom. The lowest BCUT2D eigenvalue weighted by Crippen LogP contribution is -2.26. The van der Waals surface area contributed by atoms with Gasteiger partial charge in [0.15, 0.2) is 0 Å². The monoisotopic (exact) mass is 771 g/mol. The lowest BCUT2D eigenvalue weighted by atomic mass is 9.70. The smallest absolute Gasteiger partial charge is 0.0725 e. The van der Waals surface area contributed by atoms with E-state index in [-0.39, 0.29) is 35.3 Å². The third-order valence-electron chi connectivity index (χ3n) is 13.1. The molecule has 0 fully saturated rings. The number of benzene rings is 9. The number of nitrogens with zero attached hydrogens (tertiary/aromatic N) is 2. The molecule has 0 bridgehead atoms. The summed E-state index contributed by atoms with van der Waals surface area (Å²) >= 11 is 0. The average molecular weight is 772 g/mol. The summed E-state index contributed by atoms with van der Waals surface area (Å²) in [6.07, 6.45) is 0. The van der Waals surface area contributed by atoms with E-state index in [9.17, 15) is 0 Å². The molecule has 3 aliphatic carbocycles. The quantitative estimate of drug-likeness (QED) is 0.166. The molecule has 0 saturated heterocycles. The zero-order valence-electron chi connectivity index (χ0n) is 38.3. The first kappa shape index (κ1) is 29.7. The van der Waals surface area contributed by atoms with Crippen molar-refractivity contribution in [3.8, 4) is 33.4 Å². The molecular weight excluding hydrogens is 725 g/mol. The van der Waals surface area contributed by atoms with Gasteiger partial charge in [0.25, 0.3) is 0 Å². The first-order valence-electron chi connectivity index (χ1n) is 23.1. The second-order valence-electron chi connectivity index (χ2n) is 16.5. The van der Waals surface area contributed by atoms with Crippen molar-refractivity contribution in [1.29, 1.82) is 0 Å². The Balaban J connectivity index is 1.06. The van der Waals surface area contributed by atoms with Gasteiger partial charge in [0.1, 0.15) is 0 Å². The second-order valence-corrected chi connectivity index (χ2v) is 16.5. The van der Waals surface area contributed by atoms with Crippen LogP contribution in [-0.2, 0) is 10.8 Å². The molecule has 0 saturated carbocycles. The minimum absolute atomic E-state index is 0.0952. The molecule has 12 rings (SSSR count). The molecule has 1 spiro atoms. The van der Waals surface area contributed by atoms with Gasteiger partial charge in [0.05, 0.1) is 12.3 Å². The Morgan fingerprint density at radius 3 is 1.17 bits per heavy atom. The molecule has 0 aromatic heterocycles. The van der Waals surface area contributed by atoms with Crippen molar-refractivity contribution in [3.05, 3.63) is 252 Å². The Kier molecular flexibility index (Phi) is 6.47. The third-order valence-corrected chi connectivity index (χ3v) is 13.1. The fourth-order valence-corrected chi connectivity index (χ4v) is 10.6. The second kappa shape index (κ2) is 13.0. The SMILES string of the molecule is [2H]c1c([2H])c([2H])c(N(c2ccccc2)c2ccc3c(c2)-c2ccccc2C32c3ccccc3-c3cc(N(c4ccccc4)c4ccc5c(c4)-c4ccccc4C5(C)C)ccc32)c([2H])c1[2H]. The average Bonchev–Trinajstić information content (AvgIpc) is 3.90. The number of fused-ring (bicyclic) bond motifs is 13. The van der Waals surface area contributed by atoms with Crippen LogP contribution >= 0.6 is 0 Å². The fraction of sp³-hybridized carbons (Fsp3) is 0.0690. The van der Waals surface area contributed by atoms with E-state index in [4.69, 9.17) is 6.85 Å². The van der Waals surface area contributed by atoms with Crippen LogP contribution in [0.2, 0.25) is 0 Å². The van der Waals surface area contributed by atoms with Gasteiger partial charge in [-0.15, -0.1) is 0 Å². The Bertz CT molecular complexity index is 3410. The number of hydrogen-bond acceptors (Lipinski definition) is 2. The van der Waals surface area contributed by atoms with Gasteiger partial charge in [-0.1, -0.05) is 159 Å². The number of para-hydroxylation sites is 3. The zero-order valence-corrected chi connectivity index (χ0v) is 33.3. The summed E-state index contributed by atoms with van der Waals surface area (Å²) in [5.74, 6) is 0. The summed E-state index contributed by atoms with van der Waals surface area (Å²) in [7, 11) is 0. The predicted octanol–water partition coefficient (Wildman–Crippen LogP) is 15.3. The largest absolute Gasteiger partial charge is 0.310 e. The molecule has 2 heteroatoms. The molecule has 60 heavy (non-hydrogen) atoms. The van der Waals surface area contributed by atoms with Crippen molar-refractivity contribution < 1.29 is 6.85 Å². The van der Waals surface area contributed by atoms with Crippen LogP contribution in [0.4, 0.5) is 34.1 Å². The van der Waals surface area contributed by atoms with E-state index < -0.39 is 11.5 Å². The highest BCUT2D eigenvalue weighted by atomic mass is 15.1. The molecule has 0 heterocycles. The normalized spacial score (nSPS) is 16.9. The topological polar surface area (TPSA) is 6.48 Å². The molecule has 9 aromatic carbocycles. The summed E-state index contributed by atoms with van der Waals surface area (Å²) in [4.78, 5) is 4.18. The fourth-order valence-electron chi connectivity index (χ4n) is 10.6. The van der Waals surface area contributed by atoms with Crippen molar-refractivity contribution in [2.24, 2.45) is 0 Å². The van der Waals surface area contributed by atoms with Gasteiger partial charge in [-0.3, -0.25) is 0 Å². The van der Waals surface area contributed by atoms with E-state index >= 15 is 0 Å². The van der Waals surface area contributed by atoms with Gasteiger partial charge in [-0.2, -0.15) is 0 Å². The molecule has 0 radical (unpaired) electrons. The molecule has 2 nitrogen and oxygen atoms in total. The number of anilines is 6. The van der Waals surface area contributed by atoms with Crippen LogP contribution in [0.3, 0.4) is 0 Å². The van der Waals surface area contributed by atoms with Gasteiger partial charge < -0.3 is 9.80 Å². The van der Waals surface area contributed by atoms with Crippen LogP contribution in [0.15, 0.2) is 218 Å². The third kappa shape index (κ3) is 4.82. The van der Waals surface area contributed by atoms with Crippen LogP contribution in [0, 0.1) is 0 Å². The highest BCUT2D eigenvalue weighted by Gasteiger charge is 2.52. The van der Waals surface area contributed by atoms with Crippen molar-refractivity contribution in [3.63, 3.8) is 0 Å². The van der Waals surface area contributed by atoms with Gasteiger partial charge in [0, 0.05) is 39.5 Å². The van der Waals surface area contributed by atoms with E-state index in [0.29, 0.717) is 11.4 Å². The molecule has 1 unspecified atom stereocenters. The molecule has 1 atom stereocenters. The van der Waals surface area contributed by atoms with Gasteiger partial charge in [-0.25, -0.2) is 0 Å². The summed E-state index contributed by atoms with van der Waals surface area (Å²) in [6, 6.07) is 65.0. The summed E-state index contributed by atoms with van der Waals surface area (Å²) in [5.41, 5.74) is 18.4. The van der Waals surface area contributed by atoms with Crippen LogP contribution in [0.5, 0.6) is 0 Å². The Hall–Kier alpha value is -7.42. The minimum Gasteiger partial charge on any atom is -0.310 e. The van der Waals surface area contributed by atoms with Crippen LogP contribution in [0.25, 0.3) is 33.4 Å². The van der Waals surface area contributed by atoms with E-state index in [1.54, 1.807) is 4.90 Å². The van der Waals surface area contributed by atoms with E-state index in [2.05, 4.69) is 170 Å². The van der Waals surface area contributed by atoms with Crippen molar-refractivity contribution in [2.45, 2.75) is 24.7 Å². The maximum atomic E-state index is 9.04. The summed E-state index contributed by atoms with van der Waals surface area (Å²) in [5, 5.41) is 0. The predicted molar refractivity (Wildman–Crippen MR) is 250 cm³/mol. The zero-order chi connectivity index (χ0) is 44.4. The summed E-state index contributed by atoms with van der Waals surface area (Å²) < 4.78 is 43.6. The highest BCUT2D eigenvalue weighted by molar-refractivity contribution is 5.98. The van der Waals surface area contributed by atoms with Gasteiger partial charge in [0.2, 0.25) is 0 Å². The van der Waals surface area contributed by atoms with Gasteiger partial charge in [-0.05, 0) is 140 Å².